The van der Waals surface area contributed by atoms with Crippen LogP contribution < -0.4 is 19.5 Å². The van der Waals surface area contributed by atoms with Gasteiger partial charge in [0, 0.05) is 25.2 Å². The van der Waals surface area contributed by atoms with Crippen molar-refractivity contribution >= 4 is 12.0 Å². The molecule has 1 aromatic carbocycles. The normalized spacial score (nSPS) is 19.4. The van der Waals surface area contributed by atoms with Crippen LogP contribution in [-0.2, 0) is 11.3 Å². The van der Waals surface area contributed by atoms with E-state index in [1.165, 1.54) is 26.2 Å². The third-order valence-corrected chi connectivity index (χ3v) is 4.49. The molecule has 25 heavy (non-hydrogen) atoms. The summed E-state index contributed by atoms with van der Waals surface area (Å²) < 4.78 is 15.9. The Balaban J connectivity index is 2.07. The van der Waals surface area contributed by atoms with Gasteiger partial charge in [-0.1, -0.05) is 0 Å². The second kappa shape index (κ2) is 7.50. The molecule has 0 radical (unpaired) electrons. The minimum atomic E-state index is -0.891. The zero-order valence-electron chi connectivity index (χ0n) is 14.9. The Morgan fingerprint density at radius 3 is 2.40 bits per heavy atom. The maximum Gasteiger partial charge on any atom is 0.317 e. The van der Waals surface area contributed by atoms with Gasteiger partial charge >= 0.3 is 12.0 Å². The highest BCUT2D eigenvalue weighted by Gasteiger charge is 2.42. The van der Waals surface area contributed by atoms with E-state index in [0.717, 1.165) is 5.56 Å². The smallest absolute Gasteiger partial charge is 0.317 e. The highest BCUT2D eigenvalue weighted by Crippen LogP contribution is 2.39. The standard InChI is InChI=1S/C17H24N2O6/c1-17(15(20)21)7-8-19(10-17)16(22)18-9-11-5-6-12(23-2)14(25-4)13(11)24-3/h5-6H,7-10H2,1-4H3,(H,18,22)(H,20,21). The van der Waals surface area contributed by atoms with Gasteiger partial charge in [-0.3, -0.25) is 4.79 Å². The van der Waals surface area contributed by atoms with Crippen LogP contribution in [0.1, 0.15) is 18.9 Å². The molecule has 1 heterocycles. The highest BCUT2D eigenvalue weighted by molar-refractivity contribution is 5.79. The van der Waals surface area contributed by atoms with Crippen LogP contribution >= 0.6 is 0 Å². The van der Waals surface area contributed by atoms with Gasteiger partial charge in [0.1, 0.15) is 0 Å². The Morgan fingerprint density at radius 2 is 1.88 bits per heavy atom. The molecule has 1 aliphatic rings. The molecule has 2 N–H and O–H groups in total. The second-order valence-corrected chi connectivity index (χ2v) is 6.19. The van der Waals surface area contributed by atoms with Crippen molar-refractivity contribution in [3.63, 3.8) is 0 Å². The molecule has 0 saturated carbocycles. The van der Waals surface area contributed by atoms with E-state index in [0.29, 0.717) is 30.2 Å². The summed E-state index contributed by atoms with van der Waals surface area (Å²) in [5, 5.41) is 12.1. The van der Waals surface area contributed by atoms with Crippen molar-refractivity contribution in [2.24, 2.45) is 5.41 Å². The third kappa shape index (κ3) is 3.72. The summed E-state index contributed by atoms with van der Waals surface area (Å²) in [6.07, 6.45) is 0.440. The van der Waals surface area contributed by atoms with E-state index in [4.69, 9.17) is 14.2 Å². The minimum absolute atomic E-state index is 0.192. The molecule has 0 spiro atoms. The highest BCUT2D eigenvalue weighted by atomic mass is 16.5. The molecule has 0 aromatic heterocycles. The first-order valence-electron chi connectivity index (χ1n) is 7.90. The van der Waals surface area contributed by atoms with E-state index in [9.17, 15) is 14.7 Å². The predicted molar refractivity (Wildman–Crippen MR) is 90.3 cm³/mol. The number of aliphatic carboxylic acids is 1. The number of ether oxygens (including phenoxy) is 3. The fraction of sp³-hybridized carbons (Fsp3) is 0.529. The third-order valence-electron chi connectivity index (χ3n) is 4.49. The molecule has 8 heteroatoms. The van der Waals surface area contributed by atoms with E-state index < -0.39 is 11.4 Å². The molecule has 2 rings (SSSR count). The summed E-state index contributed by atoms with van der Waals surface area (Å²) in [4.78, 5) is 25.1. The Hall–Kier alpha value is -2.64. The largest absolute Gasteiger partial charge is 0.493 e. The number of amides is 2. The van der Waals surface area contributed by atoms with Gasteiger partial charge < -0.3 is 29.5 Å². The van der Waals surface area contributed by atoms with E-state index in [1.54, 1.807) is 19.1 Å². The predicted octanol–water partition coefficient (Wildman–Crippen LogP) is 1.72. The zero-order valence-corrected chi connectivity index (χ0v) is 14.9. The molecule has 0 aliphatic carbocycles. The number of benzene rings is 1. The lowest BCUT2D eigenvalue weighted by Gasteiger charge is -2.21. The monoisotopic (exact) mass is 352 g/mol. The number of nitrogens with zero attached hydrogens (tertiary/aromatic N) is 1. The number of carboxylic acid groups (broad SMARTS) is 1. The topological polar surface area (TPSA) is 97.3 Å². The van der Waals surface area contributed by atoms with Crippen LogP contribution in [0.25, 0.3) is 0 Å². The number of urea groups is 1. The molecule has 1 fully saturated rings. The van der Waals surface area contributed by atoms with Crippen molar-refractivity contribution in [1.29, 1.82) is 0 Å². The Morgan fingerprint density at radius 1 is 1.20 bits per heavy atom. The number of nitrogens with one attached hydrogen (secondary N) is 1. The molecule has 1 atom stereocenters. The van der Waals surface area contributed by atoms with Gasteiger partial charge in [-0.25, -0.2) is 4.79 Å². The molecule has 1 aliphatic heterocycles. The molecule has 2 amide bonds. The van der Waals surface area contributed by atoms with Crippen LogP contribution in [0.4, 0.5) is 4.79 Å². The number of carbonyl (C=O) groups excluding carboxylic acids is 1. The average Bonchev–Trinajstić information content (AvgIpc) is 3.02. The molecule has 138 valence electrons. The molecular weight excluding hydrogens is 328 g/mol. The summed E-state index contributed by atoms with van der Waals surface area (Å²) in [6.45, 7) is 2.48. The number of carbonyl (C=O) groups is 2. The van der Waals surface area contributed by atoms with Crippen molar-refractivity contribution in [2.75, 3.05) is 34.4 Å². The maximum atomic E-state index is 12.3. The maximum absolute atomic E-state index is 12.3. The first-order chi connectivity index (χ1) is 11.9. The van der Waals surface area contributed by atoms with Crippen molar-refractivity contribution in [3.05, 3.63) is 17.7 Å². The van der Waals surface area contributed by atoms with E-state index in [2.05, 4.69) is 5.32 Å². The average molecular weight is 352 g/mol. The molecule has 1 aromatic rings. The van der Waals surface area contributed by atoms with Crippen LogP contribution in [0.3, 0.4) is 0 Å². The number of carboxylic acids is 1. The van der Waals surface area contributed by atoms with E-state index in [-0.39, 0.29) is 19.1 Å². The lowest BCUT2D eigenvalue weighted by Crippen LogP contribution is -2.40. The van der Waals surface area contributed by atoms with Gasteiger partial charge in [0.25, 0.3) is 0 Å². The molecular formula is C17H24N2O6. The summed E-state index contributed by atoms with van der Waals surface area (Å²) in [6, 6.07) is 3.22. The number of hydrogen-bond donors (Lipinski definition) is 2. The fourth-order valence-electron chi connectivity index (χ4n) is 2.89. The van der Waals surface area contributed by atoms with Crippen molar-refractivity contribution in [2.45, 2.75) is 19.9 Å². The van der Waals surface area contributed by atoms with Crippen LogP contribution in [0.5, 0.6) is 17.2 Å². The lowest BCUT2D eigenvalue weighted by atomic mass is 9.90. The van der Waals surface area contributed by atoms with Crippen molar-refractivity contribution < 1.29 is 28.9 Å². The summed E-state index contributed by atoms with van der Waals surface area (Å²) in [5.41, 5.74) is -0.160. The molecule has 8 nitrogen and oxygen atoms in total. The lowest BCUT2D eigenvalue weighted by molar-refractivity contribution is -0.147. The Labute approximate surface area is 146 Å². The summed E-state index contributed by atoms with van der Waals surface area (Å²) >= 11 is 0. The number of hydrogen-bond acceptors (Lipinski definition) is 5. The van der Waals surface area contributed by atoms with Crippen molar-refractivity contribution in [1.82, 2.24) is 10.2 Å². The van der Waals surface area contributed by atoms with E-state index >= 15 is 0 Å². The van der Waals surface area contributed by atoms with Crippen LogP contribution in [0.15, 0.2) is 12.1 Å². The SMILES string of the molecule is COc1ccc(CNC(=O)N2CCC(C)(C(=O)O)C2)c(OC)c1OC. The van der Waals surface area contributed by atoms with Crippen molar-refractivity contribution in [3.8, 4) is 17.2 Å². The number of likely N-dealkylation sites (tertiary alicyclic amines) is 1. The number of rotatable bonds is 6. The fourth-order valence-corrected chi connectivity index (χ4v) is 2.89. The van der Waals surface area contributed by atoms with Gasteiger partial charge in [-0.15, -0.1) is 0 Å². The number of methoxy groups -OCH3 is 3. The van der Waals surface area contributed by atoms with Crippen LogP contribution in [-0.4, -0.2) is 56.4 Å². The Bertz CT molecular complexity index is 663. The van der Waals surface area contributed by atoms with Gasteiger partial charge in [0.2, 0.25) is 5.75 Å². The quantitative estimate of drug-likeness (QED) is 0.809. The summed E-state index contributed by atoms with van der Waals surface area (Å²) in [5.74, 6) is 0.589. The van der Waals surface area contributed by atoms with Gasteiger partial charge in [-0.05, 0) is 25.5 Å². The Kier molecular flexibility index (Phi) is 5.61. The first-order valence-corrected chi connectivity index (χ1v) is 7.90. The van der Waals surface area contributed by atoms with Gasteiger partial charge in [0.05, 0.1) is 26.7 Å². The van der Waals surface area contributed by atoms with Crippen LogP contribution in [0.2, 0.25) is 0 Å². The molecule has 1 saturated heterocycles. The summed E-state index contributed by atoms with van der Waals surface area (Å²) in [7, 11) is 4.56. The second-order valence-electron chi connectivity index (χ2n) is 6.19. The zero-order chi connectivity index (χ0) is 18.6. The van der Waals surface area contributed by atoms with E-state index in [1.807, 2.05) is 0 Å². The van der Waals surface area contributed by atoms with Gasteiger partial charge in [0.15, 0.2) is 11.5 Å². The first kappa shape index (κ1) is 18.7. The minimum Gasteiger partial charge on any atom is -0.493 e. The van der Waals surface area contributed by atoms with Crippen LogP contribution in [0, 0.1) is 5.41 Å². The van der Waals surface area contributed by atoms with Gasteiger partial charge in [-0.2, -0.15) is 0 Å². The molecule has 1 unspecified atom stereocenters. The molecule has 0 bridgehead atoms.